The molecule has 2 heterocycles. The molecule has 0 aliphatic carbocycles. The summed E-state index contributed by atoms with van der Waals surface area (Å²) in [6, 6.07) is 13.4. The van der Waals surface area contributed by atoms with Crippen molar-refractivity contribution in [3.8, 4) is 0 Å². The van der Waals surface area contributed by atoms with Crippen LogP contribution in [0.15, 0.2) is 61.1 Å². The quantitative estimate of drug-likeness (QED) is 0.760. The molecule has 0 radical (unpaired) electrons. The van der Waals surface area contributed by atoms with E-state index >= 15 is 0 Å². The van der Waals surface area contributed by atoms with E-state index in [-0.39, 0.29) is 5.75 Å². The van der Waals surface area contributed by atoms with Gasteiger partial charge in [-0.1, -0.05) is 30.3 Å². The van der Waals surface area contributed by atoms with E-state index in [0.717, 1.165) is 12.0 Å². The predicted molar refractivity (Wildman–Crippen MR) is 87.4 cm³/mol. The summed E-state index contributed by atoms with van der Waals surface area (Å²) in [7, 11) is -3.38. The van der Waals surface area contributed by atoms with Gasteiger partial charge in [0.15, 0.2) is 5.65 Å². The van der Waals surface area contributed by atoms with Crippen LogP contribution in [-0.4, -0.2) is 23.6 Å². The summed E-state index contributed by atoms with van der Waals surface area (Å²) in [6.45, 7) is 0. The number of anilines is 1. The van der Waals surface area contributed by atoms with Gasteiger partial charge in [0.05, 0.1) is 11.4 Å². The fourth-order valence-corrected chi connectivity index (χ4v) is 3.48. The van der Waals surface area contributed by atoms with Crippen LogP contribution in [-0.2, 0) is 16.4 Å². The molecule has 0 aliphatic heterocycles. The Hall–Kier alpha value is -2.34. The molecular formula is C16H17N3O2S. The first-order chi connectivity index (χ1) is 10.6. The lowest BCUT2D eigenvalue weighted by molar-refractivity contribution is 0.598. The van der Waals surface area contributed by atoms with Gasteiger partial charge in [-0.2, -0.15) is 0 Å². The number of hydrogen-bond acceptors (Lipinski definition) is 3. The third kappa shape index (κ3) is 3.46. The molecule has 1 aromatic carbocycles. The van der Waals surface area contributed by atoms with Gasteiger partial charge in [0.2, 0.25) is 10.0 Å². The van der Waals surface area contributed by atoms with Gasteiger partial charge < -0.3 is 4.40 Å². The van der Waals surface area contributed by atoms with Crippen molar-refractivity contribution in [2.45, 2.75) is 12.8 Å². The van der Waals surface area contributed by atoms with Gasteiger partial charge >= 0.3 is 0 Å². The van der Waals surface area contributed by atoms with E-state index < -0.39 is 10.0 Å². The van der Waals surface area contributed by atoms with Gasteiger partial charge in [-0.05, 0) is 30.5 Å². The minimum absolute atomic E-state index is 0.0870. The summed E-state index contributed by atoms with van der Waals surface area (Å²) in [5, 5.41) is 0. The predicted octanol–water partition coefficient (Wildman–Crippen LogP) is 2.71. The molecule has 0 bridgehead atoms. The average molecular weight is 315 g/mol. The second kappa shape index (κ2) is 6.19. The van der Waals surface area contributed by atoms with Crippen molar-refractivity contribution in [2.75, 3.05) is 10.5 Å². The SMILES string of the molecule is O=S(=O)(CCCc1ccccc1)Nc1cccn2ccnc12. The van der Waals surface area contributed by atoms with Crippen molar-refractivity contribution >= 4 is 21.4 Å². The van der Waals surface area contributed by atoms with E-state index in [1.165, 1.54) is 0 Å². The Balaban J connectivity index is 1.65. The molecule has 0 saturated heterocycles. The van der Waals surface area contributed by atoms with Crippen LogP contribution in [0.1, 0.15) is 12.0 Å². The van der Waals surface area contributed by atoms with Crippen LogP contribution in [0, 0.1) is 0 Å². The third-order valence-electron chi connectivity index (χ3n) is 3.41. The number of imidazole rings is 1. The molecule has 1 N–H and O–H groups in total. The van der Waals surface area contributed by atoms with Crippen LogP contribution in [0.4, 0.5) is 5.69 Å². The van der Waals surface area contributed by atoms with E-state index in [9.17, 15) is 8.42 Å². The zero-order valence-corrected chi connectivity index (χ0v) is 12.8. The monoisotopic (exact) mass is 315 g/mol. The van der Waals surface area contributed by atoms with Crippen LogP contribution in [0.25, 0.3) is 5.65 Å². The summed E-state index contributed by atoms with van der Waals surface area (Å²) < 4.78 is 28.8. The van der Waals surface area contributed by atoms with Gasteiger partial charge in [-0.15, -0.1) is 0 Å². The van der Waals surface area contributed by atoms with Crippen LogP contribution in [0.2, 0.25) is 0 Å². The number of aromatic nitrogens is 2. The van der Waals surface area contributed by atoms with Crippen molar-refractivity contribution in [2.24, 2.45) is 0 Å². The number of benzene rings is 1. The molecule has 6 heteroatoms. The second-order valence-electron chi connectivity index (χ2n) is 5.09. The van der Waals surface area contributed by atoms with Gasteiger partial charge in [-0.3, -0.25) is 4.72 Å². The highest BCUT2D eigenvalue weighted by molar-refractivity contribution is 7.92. The van der Waals surface area contributed by atoms with Crippen LogP contribution >= 0.6 is 0 Å². The van der Waals surface area contributed by atoms with Crippen molar-refractivity contribution in [3.63, 3.8) is 0 Å². The topological polar surface area (TPSA) is 63.5 Å². The summed E-state index contributed by atoms with van der Waals surface area (Å²) in [5.74, 6) is 0.0870. The molecule has 5 nitrogen and oxygen atoms in total. The lowest BCUT2D eigenvalue weighted by Gasteiger charge is -2.09. The first-order valence-corrected chi connectivity index (χ1v) is 8.75. The van der Waals surface area contributed by atoms with Crippen molar-refractivity contribution in [1.29, 1.82) is 0 Å². The number of pyridine rings is 1. The van der Waals surface area contributed by atoms with Gasteiger partial charge in [0, 0.05) is 18.6 Å². The standard InChI is InChI=1S/C16H17N3O2S/c20-22(21,13-5-8-14-6-2-1-3-7-14)18-15-9-4-11-19-12-10-17-16(15)19/h1-4,6-7,9-12,18H,5,8,13H2. The lowest BCUT2D eigenvalue weighted by atomic mass is 10.1. The fraction of sp³-hybridized carbons (Fsp3) is 0.188. The van der Waals surface area contributed by atoms with Gasteiger partial charge in [-0.25, -0.2) is 13.4 Å². The third-order valence-corrected chi connectivity index (χ3v) is 4.76. The Morgan fingerprint density at radius 3 is 2.68 bits per heavy atom. The van der Waals surface area contributed by atoms with Crippen LogP contribution in [0.3, 0.4) is 0 Å². The molecule has 3 rings (SSSR count). The zero-order chi connectivity index (χ0) is 15.4. The molecule has 22 heavy (non-hydrogen) atoms. The minimum atomic E-state index is -3.38. The number of rotatable bonds is 6. The maximum Gasteiger partial charge on any atom is 0.232 e. The van der Waals surface area contributed by atoms with E-state index in [4.69, 9.17) is 0 Å². The molecular weight excluding hydrogens is 298 g/mol. The number of hydrogen-bond donors (Lipinski definition) is 1. The summed E-state index contributed by atoms with van der Waals surface area (Å²) in [6.07, 6.45) is 6.58. The molecule has 0 amide bonds. The van der Waals surface area contributed by atoms with Gasteiger partial charge in [0.1, 0.15) is 0 Å². The molecule has 0 atom stereocenters. The lowest BCUT2D eigenvalue weighted by Crippen LogP contribution is -2.17. The summed E-state index contributed by atoms with van der Waals surface area (Å²) >= 11 is 0. The highest BCUT2D eigenvalue weighted by Gasteiger charge is 2.12. The minimum Gasteiger partial charge on any atom is -0.305 e. The molecule has 0 fully saturated rings. The normalized spacial score (nSPS) is 11.6. The molecule has 0 spiro atoms. The van der Waals surface area contributed by atoms with E-state index in [2.05, 4.69) is 9.71 Å². The van der Waals surface area contributed by atoms with E-state index in [1.54, 1.807) is 28.9 Å². The number of fused-ring (bicyclic) bond motifs is 1. The van der Waals surface area contributed by atoms with E-state index in [1.807, 2.05) is 36.5 Å². The van der Waals surface area contributed by atoms with Crippen molar-refractivity contribution in [3.05, 3.63) is 66.6 Å². The smallest absolute Gasteiger partial charge is 0.232 e. The largest absolute Gasteiger partial charge is 0.305 e. The molecule has 0 saturated carbocycles. The number of nitrogens with zero attached hydrogens (tertiary/aromatic N) is 2. The highest BCUT2D eigenvalue weighted by Crippen LogP contribution is 2.16. The first-order valence-electron chi connectivity index (χ1n) is 7.10. The molecule has 0 aliphatic rings. The maximum absolute atomic E-state index is 12.2. The Morgan fingerprint density at radius 2 is 1.86 bits per heavy atom. The summed E-state index contributed by atoms with van der Waals surface area (Å²) in [4.78, 5) is 4.17. The number of nitrogens with one attached hydrogen (secondary N) is 1. The van der Waals surface area contributed by atoms with Crippen LogP contribution in [0.5, 0.6) is 0 Å². The average Bonchev–Trinajstić information content (AvgIpc) is 2.97. The highest BCUT2D eigenvalue weighted by atomic mass is 32.2. The zero-order valence-electron chi connectivity index (χ0n) is 12.0. The number of aryl methyl sites for hydroxylation is 1. The maximum atomic E-state index is 12.2. The Morgan fingerprint density at radius 1 is 1.05 bits per heavy atom. The Labute approximate surface area is 129 Å². The molecule has 3 aromatic rings. The fourth-order valence-electron chi connectivity index (χ4n) is 2.36. The van der Waals surface area contributed by atoms with Crippen LogP contribution < -0.4 is 4.72 Å². The molecule has 2 aromatic heterocycles. The van der Waals surface area contributed by atoms with Gasteiger partial charge in [0.25, 0.3) is 0 Å². The molecule has 114 valence electrons. The Kier molecular flexibility index (Phi) is 4.11. The van der Waals surface area contributed by atoms with Crippen molar-refractivity contribution < 1.29 is 8.42 Å². The first kappa shape index (κ1) is 14.6. The van der Waals surface area contributed by atoms with Crippen molar-refractivity contribution in [1.82, 2.24) is 9.38 Å². The van der Waals surface area contributed by atoms with E-state index in [0.29, 0.717) is 17.8 Å². The second-order valence-corrected chi connectivity index (χ2v) is 6.93. The Bertz CT molecular complexity index is 857. The number of sulfonamides is 1. The summed E-state index contributed by atoms with van der Waals surface area (Å²) in [5.41, 5.74) is 2.26. The molecule has 0 unspecified atom stereocenters.